The molecule has 1 N–H and O–H groups in total. The Balaban J connectivity index is 2.09. The summed E-state index contributed by atoms with van der Waals surface area (Å²) in [6, 6.07) is 5.33. The smallest absolute Gasteiger partial charge is 0.335 e. The molecule has 0 aromatic heterocycles. The molecule has 0 fully saturated rings. The van der Waals surface area contributed by atoms with Crippen LogP contribution in [0.1, 0.15) is 5.56 Å². The summed E-state index contributed by atoms with van der Waals surface area (Å²) in [5, 5.41) is 9.53. The van der Waals surface area contributed by atoms with E-state index in [-0.39, 0.29) is 6.42 Å². The van der Waals surface area contributed by atoms with Crippen molar-refractivity contribution < 1.29 is 24.1 Å². The largest absolute Gasteiger partial charge is 0.486 e. The Hall–Kier alpha value is -1.75. The van der Waals surface area contributed by atoms with E-state index in [1.165, 1.54) is 7.11 Å². The van der Waals surface area contributed by atoms with Crippen LogP contribution in [0.4, 0.5) is 0 Å². The van der Waals surface area contributed by atoms with E-state index in [1.54, 1.807) is 18.2 Å². The lowest BCUT2D eigenvalue weighted by atomic mass is 10.1. The molecule has 1 aliphatic rings. The Morgan fingerprint density at radius 1 is 1.41 bits per heavy atom. The lowest BCUT2D eigenvalue weighted by Gasteiger charge is -2.19. The minimum absolute atomic E-state index is 0.198. The number of aliphatic hydroxyl groups is 1. The molecule has 0 spiro atoms. The number of carbonyl (C=O) groups is 1. The fourth-order valence-electron chi connectivity index (χ4n) is 1.66. The molecule has 0 bridgehead atoms. The molecule has 0 aliphatic carbocycles. The first-order chi connectivity index (χ1) is 8.20. The standard InChI is InChI=1S/C12H14O5/c1-15-12(14)9(13)6-8-2-3-10-11(7-8)17-5-4-16-10/h2-3,7,9,13H,4-6H2,1H3. The van der Waals surface area contributed by atoms with E-state index in [0.29, 0.717) is 24.7 Å². The molecule has 0 radical (unpaired) electrons. The molecular weight excluding hydrogens is 224 g/mol. The summed E-state index contributed by atoms with van der Waals surface area (Å²) in [7, 11) is 1.25. The summed E-state index contributed by atoms with van der Waals surface area (Å²) < 4.78 is 15.2. The molecule has 0 amide bonds. The topological polar surface area (TPSA) is 65.0 Å². The van der Waals surface area contributed by atoms with Gasteiger partial charge in [-0.1, -0.05) is 6.07 Å². The highest BCUT2D eigenvalue weighted by atomic mass is 16.6. The summed E-state index contributed by atoms with van der Waals surface area (Å²) in [5.74, 6) is 0.693. The van der Waals surface area contributed by atoms with Crippen LogP contribution in [0.15, 0.2) is 18.2 Å². The number of benzene rings is 1. The van der Waals surface area contributed by atoms with Crippen LogP contribution in [0.2, 0.25) is 0 Å². The second-order valence-corrected chi connectivity index (χ2v) is 3.72. The summed E-state index contributed by atoms with van der Waals surface area (Å²) in [5.41, 5.74) is 0.798. The number of carbonyl (C=O) groups excluding carboxylic acids is 1. The van der Waals surface area contributed by atoms with E-state index < -0.39 is 12.1 Å². The van der Waals surface area contributed by atoms with Gasteiger partial charge in [-0.05, 0) is 17.7 Å². The van der Waals surface area contributed by atoms with E-state index >= 15 is 0 Å². The number of methoxy groups -OCH3 is 1. The lowest BCUT2D eigenvalue weighted by Crippen LogP contribution is -2.24. The van der Waals surface area contributed by atoms with Crippen LogP contribution < -0.4 is 9.47 Å². The molecule has 1 atom stereocenters. The average molecular weight is 238 g/mol. The van der Waals surface area contributed by atoms with Gasteiger partial charge in [0.1, 0.15) is 13.2 Å². The molecule has 1 heterocycles. The zero-order valence-corrected chi connectivity index (χ0v) is 9.51. The SMILES string of the molecule is COC(=O)C(O)Cc1ccc2c(c1)OCCO2. The Morgan fingerprint density at radius 2 is 2.12 bits per heavy atom. The maximum absolute atomic E-state index is 11.1. The molecule has 1 aromatic carbocycles. The monoisotopic (exact) mass is 238 g/mol. The van der Waals surface area contributed by atoms with Crippen molar-refractivity contribution in [2.45, 2.75) is 12.5 Å². The lowest BCUT2D eigenvalue weighted by molar-refractivity contribution is -0.150. The highest BCUT2D eigenvalue weighted by molar-refractivity contribution is 5.74. The first-order valence-electron chi connectivity index (χ1n) is 5.35. The number of rotatable bonds is 3. The van der Waals surface area contributed by atoms with Crippen LogP contribution in [-0.2, 0) is 16.0 Å². The van der Waals surface area contributed by atoms with Crippen LogP contribution in [0.3, 0.4) is 0 Å². The summed E-state index contributed by atoms with van der Waals surface area (Å²) in [6.07, 6.45) is -0.953. The van der Waals surface area contributed by atoms with E-state index in [4.69, 9.17) is 9.47 Å². The number of aliphatic hydroxyl groups excluding tert-OH is 1. The van der Waals surface area contributed by atoms with Gasteiger partial charge in [-0.15, -0.1) is 0 Å². The van der Waals surface area contributed by atoms with Gasteiger partial charge in [0.25, 0.3) is 0 Å². The predicted octanol–water partition coefficient (Wildman–Crippen LogP) is 0.534. The number of esters is 1. The van der Waals surface area contributed by atoms with Gasteiger partial charge < -0.3 is 19.3 Å². The first kappa shape index (κ1) is 11.7. The molecular formula is C12H14O5. The fourth-order valence-corrected chi connectivity index (χ4v) is 1.66. The third kappa shape index (κ3) is 2.68. The van der Waals surface area contributed by atoms with Gasteiger partial charge in [0, 0.05) is 6.42 Å². The normalized spacial score (nSPS) is 15.2. The molecule has 92 valence electrons. The van der Waals surface area contributed by atoms with Crippen LogP contribution in [0.25, 0.3) is 0 Å². The van der Waals surface area contributed by atoms with Crippen LogP contribution >= 0.6 is 0 Å². The van der Waals surface area contributed by atoms with Crippen LogP contribution in [0, 0.1) is 0 Å². The fraction of sp³-hybridized carbons (Fsp3) is 0.417. The maximum Gasteiger partial charge on any atom is 0.335 e. The third-order valence-electron chi connectivity index (χ3n) is 2.51. The summed E-state index contributed by atoms with van der Waals surface area (Å²) >= 11 is 0. The van der Waals surface area contributed by atoms with Crippen molar-refractivity contribution in [2.75, 3.05) is 20.3 Å². The summed E-state index contributed by atoms with van der Waals surface area (Å²) in [6.45, 7) is 1.05. The molecule has 17 heavy (non-hydrogen) atoms. The van der Waals surface area contributed by atoms with Gasteiger partial charge in [-0.3, -0.25) is 0 Å². The minimum atomic E-state index is -1.15. The van der Waals surface area contributed by atoms with Gasteiger partial charge >= 0.3 is 5.97 Å². The minimum Gasteiger partial charge on any atom is -0.486 e. The Morgan fingerprint density at radius 3 is 2.82 bits per heavy atom. The van der Waals surface area contributed by atoms with Crippen molar-refractivity contribution in [1.29, 1.82) is 0 Å². The second kappa shape index (κ2) is 5.05. The van der Waals surface area contributed by atoms with Crippen LogP contribution in [0.5, 0.6) is 11.5 Å². The van der Waals surface area contributed by atoms with Gasteiger partial charge in [0.15, 0.2) is 17.6 Å². The van der Waals surface area contributed by atoms with Gasteiger partial charge in [0.2, 0.25) is 0 Å². The zero-order chi connectivity index (χ0) is 12.3. The molecule has 1 unspecified atom stereocenters. The second-order valence-electron chi connectivity index (χ2n) is 3.72. The molecule has 0 saturated carbocycles. The highest BCUT2D eigenvalue weighted by Gasteiger charge is 2.18. The number of ether oxygens (including phenoxy) is 3. The Labute approximate surface area is 98.9 Å². The predicted molar refractivity (Wildman–Crippen MR) is 59.2 cm³/mol. The molecule has 1 aromatic rings. The first-order valence-corrected chi connectivity index (χ1v) is 5.35. The highest BCUT2D eigenvalue weighted by Crippen LogP contribution is 2.31. The van der Waals surface area contributed by atoms with Crippen molar-refractivity contribution in [1.82, 2.24) is 0 Å². The van der Waals surface area contributed by atoms with Gasteiger partial charge in [-0.2, -0.15) is 0 Å². The molecule has 5 nitrogen and oxygen atoms in total. The zero-order valence-electron chi connectivity index (χ0n) is 9.51. The Kier molecular flexibility index (Phi) is 3.49. The van der Waals surface area contributed by atoms with Gasteiger partial charge in [-0.25, -0.2) is 4.79 Å². The maximum atomic E-state index is 11.1. The van der Waals surface area contributed by atoms with E-state index in [2.05, 4.69) is 4.74 Å². The number of hydrogen-bond donors (Lipinski definition) is 1. The molecule has 0 saturated heterocycles. The van der Waals surface area contributed by atoms with Crippen molar-refractivity contribution in [3.63, 3.8) is 0 Å². The molecule has 2 rings (SSSR count). The van der Waals surface area contributed by atoms with Crippen molar-refractivity contribution in [3.05, 3.63) is 23.8 Å². The molecule has 1 aliphatic heterocycles. The van der Waals surface area contributed by atoms with E-state index in [9.17, 15) is 9.90 Å². The summed E-state index contributed by atoms with van der Waals surface area (Å²) in [4.78, 5) is 11.1. The average Bonchev–Trinajstić information content (AvgIpc) is 2.37. The van der Waals surface area contributed by atoms with Crippen molar-refractivity contribution >= 4 is 5.97 Å². The number of hydrogen-bond acceptors (Lipinski definition) is 5. The van der Waals surface area contributed by atoms with Crippen molar-refractivity contribution in [3.8, 4) is 11.5 Å². The molecule has 5 heteroatoms. The number of fused-ring (bicyclic) bond motifs is 1. The Bertz CT molecular complexity index is 415. The van der Waals surface area contributed by atoms with Crippen molar-refractivity contribution in [2.24, 2.45) is 0 Å². The van der Waals surface area contributed by atoms with E-state index in [1.807, 2.05) is 0 Å². The van der Waals surface area contributed by atoms with Crippen LogP contribution in [-0.4, -0.2) is 37.5 Å². The van der Waals surface area contributed by atoms with Gasteiger partial charge in [0.05, 0.1) is 7.11 Å². The third-order valence-corrected chi connectivity index (χ3v) is 2.51. The quantitative estimate of drug-likeness (QED) is 0.778. The van der Waals surface area contributed by atoms with E-state index in [0.717, 1.165) is 5.56 Å².